The van der Waals surface area contributed by atoms with Gasteiger partial charge in [0.1, 0.15) is 0 Å². The van der Waals surface area contributed by atoms with Gasteiger partial charge in [0.05, 0.1) is 0 Å². The molecule has 0 radical (unpaired) electrons. The lowest BCUT2D eigenvalue weighted by Gasteiger charge is -2.21. The summed E-state index contributed by atoms with van der Waals surface area (Å²) < 4.78 is 0. The lowest BCUT2D eigenvalue weighted by molar-refractivity contribution is -0.130. The van der Waals surface area contributed by atoms with E-state index in [-0.39, 0.29) is 0 Å². The van der Waals surface area contributed by atoms with Crippen LogP contribution in [0.15, 0.2) is 0 Å². The average Bonchev–Trinajstić information content (AvgIpc) is 3.05. The molecule has 2 rings (SSSR count). The fourth-order valence-corrected chi connectivity index (χ4v) is 2.29. The van der Waals surface area contributed by atoms with Crippen LogP contribution < -0.4 is 0 Å². The molecule has 0 N–H and O–H groups in total. The maximum Gasteiger partial charge on any atom is 0.222 e. The van der Waals surface area contributed by atoms with Crippen LogP contribution >= 0.6 is 0 Å². The van der Waals surface area contributed by atoms with E-state index in [4.69, 9.17) is 0 Å². The highest BCUT2D eigenvalue weighted by molar-refractivity contribution is 5.75. The quantitative estimate of drug-likeness (QED) is 0.702. The average molecular weight is 210 g/mol. The molecule has 1 heterocycles. The smallest absolute Gasteiger partial charge is 0.222 e. The molecule has 0 unspecified atom stereocenters. The topological polar surface area (TPSA) is 23.6 Å². The summed E-state index contributed by atoms with van der Waals surface area (Å²) in [4.78, 5) is 16.1. The van der Waals surface area contributed by atoms with Crippen molar-refractivity contribution >= 4 is 5.91 Å². The SMILES string of the molecule is CCC(=O)N1CCCN(CC2CC2)CC1. The number of rotatable bonds is 3. The molecule has 2 aliphatic rings. The lowest BCUT2D eigenvalue weighted by atomic mass is 10.3. The molecule has 1 amide bonds. The molecule has 3 heteroatoms. The zero-order valence-electron chi connectivity index (χ0n) is 9.74. The number of carbonyl (C=O) groups excluding carboxylic acids is 1. The van der Waals surface area contributed by atoms with Gasteiger partial charge in [-0.3, -0.25) is 4.79 Å². The Kier molecular flexibility index (Phi) is 3.62. The minimum Gasteiger partial charge on any atom is -0.341 e. The zero-order chi connectivity index (χ0) is 10.7. The molecular formula is C12H22N2O. The summed E-state index contributed by atoms with van der Waals surface area (Å²) in [7, 11) is 0. The Morgan fingerprint density at radius 1 is 1.20 bits per heavy atom. The third kappa shape index (κ3) is 3.20. The Hall–Kier alpha value is -0.570. The van der Waals surface area contributed by atoms with E-state index in [1.807, 2.05) is 11.8 Å². The van der Waals surface area contributed by atoms with Crippen molar-refractivity contribution < 1.29 is 4.79 Å². The van der Waals surface area contributed by atoms with Crippen LogP contribution in [-0.4, -0.2) is 48.4 Å². The third-order valence-corrected chi connectivity index (χ3v) is 3.46. The van der Waals surface area contributed by atoms with Crippen LogP contribution in [0.2, 0.25) is 0 Å². The van der Waals surface area contributed by atoms with Gasteiger partial charge in [0, 0.05) is 32.6 Å². The van der Waals surface area contributed by atoms with E-state index in [1.165, 1.54) is 25.9 Å². The Labute approximate surface area is 92.4 Å². The highest BCUT2D eigenvalue weighted by Gasteiger charge is 2.25. The van der Waals surface area contributed by atoms with Crippen LogP contribution in [0.4, 0.5) is 0 Å². The molecule has 86 valence electrons. The first-order chi connectivity index (χ1) is 7.29. The predicted octanol–water partition coefficient (Wildman–Crippen LogP) is 1.34. The van der Waals surface area contributed by atoms with Gasteiger partial charge in [-0.1, -0.05) is 6.92 Å². The standard InChI is InChI=1S/C12H22N2O/c1-2-12(15)14-7-3-6-13(8-9-14)10-11-4-5-11/h11H,2-10H2,1H3. The van der Waals surface area contributed by atoms with Crippen molar-refractivity contribution in [2.75, 3.05) is 32.7 Å². The van der Waals surface area contributed by atoms with Gasteiger partial charge in [-0.25, -0.2) is 0 Å². The molecule has 1 saturated carbocycles. The first kappa shape index (κ1) is 10.9. The number of nitrogens with zero attached hydrogens (tertiary/aromatic N) is 2. The van der Waals surface area contributed by atoms with Crippen LogP contribution in [0.3, 0.4) is 0 Å². The number of hydrogen-bond acceptors (Lipinski definition) is 2. The molecule has 2 fully saturated rings. The fourth-order valence-electron chi connectivity index (χ4n) is 2.29. The van der Waals surface area contributed by atoms with Gasteiger partial charge in [0.25, 0.3) is 0 Å². The lowest BCUT2D eigenvalue weighted by Crippen LogP contribution is -2.35. The Bertz CT molecular complexity index is 226. The van der Waals surface area contributed by atoms with Gasteiger partial charge in [-0.2, -0.15) is 0 Å². The first-order valence-corrected chi connectivity index (χ1v) is 6.29. The van der Waals surface area contributed by atoms with Crippen LogP contribution in [0.25, 0.3) is 0 Å². The molecule has 3 nitrogen and oxygen atoms in total. The summed E-state index contributed by atoms with van der Waals surface area (Å²) in [6.07, 6.45) is 4.66. The molecule has 0 bridgehead atoms. The molecule has 1 aliphatic carbocycles. The Morgan fingerprint density at radius 2 is 2.00 bits per heavy atom. The second kappa shape index (κ2) is 4.97. The molecule has 1 aliphatic heterocycles. The van der Waals surface area contributed by atoms with Crippen molar-refractivity contribution in [3.05, 3.63) is 0 Å². The van der Waals surface area contributed by atoms with E-state index >= 15 is 0 Å². The highest BCUT2D eigenvalue weighted by Crippen LogP contribution is 2.29. The van der Waals surface area contributed by atoms with Gasteiger partial charge >= 0.3 is 0 Å². The van der Waals surface area contributed by atoms with E-state index in [2.05, 4.69) is 4.90 Å². The maximum atomic E-state index is 11.6. The van der Waals surface area contributed by atoms with Gasteiger partial charge < -0.3 is 9.80 Å². The van der Waals surface area contributed by atoms with E-state index in [0.717, 1.165) is 32.0 Å². The normalized spacial score (nSPS) is 23.9. The molecule has 0 atom stereocenters. The first-order valence-electron chi connectivity index (χ1n) is 6.29. The fraction of sp³-hybridized carbons (Fsp3) is 0.917. The molecule has 0 aromatic carbocycles. The predicted molar refractivity (Wildman–Crippen MR) is 60.7 cm³/mol. The molecule has 0 aromatic rings. The number of carbonyl (C=O) groups is 1. The van der Waals surface area contributed by atoms with E-state index < -0.39 is 0 Å². The summed E-state index contributed by atoms with van der Waals surface area (Å²) in [6, 6.07) is 0. The van der Waals surface area contributed by atoms with E-state index in [0.29, 0.717) is 12.3 Å². The van der Waals surface area contributed by atoms with Gasteiger partial charge in [0.2, 0.25) is 5.91 Å². The second-order valence-corrected chi connectivity index (χ2v) is 4.83. The monoisotopic (exact) mass is 210 g/mol. The molecule has 1 saturated heterocycles. The molecule has 15 heavy (non-hydrogen) atoms. The summed E-state index contributed by atoms with van der Waals surface area (Å²) in [5, 5.41) is 0. The number of amides is 1. The molecule has 0 spiro atoms. The maximum absolute atomic E-state index is 11.6. The summed E-state index contributed by atoms with van der Waals surface area (Å²) in [6.45, 7) is 7.41. The van der Waals surface area contributed by atoms with Crippen molar-refractivity contribution in [3.63, 3.8) is 0 Å². The molecular weight excluding hydrogens is 188 g/mol. The van der Waals surface area contributed by atoms with Crippen molar-refractivity contribution in [2.45, 2.75) is 32.6 Å². The third-order valence-electron chi connectivity index (χ3n) is 3.46. The van der Waals surface area contributed by atoms with Crippen molar-refractivity contribution in [1.29, 1.82) is 0 Å². The van der Waals surface area contributed by atoms with Gasteiger partial charge in [-0.15, -0.1) is 0 Å². The Morgan fingerprint density at radius 3 is 2.67 bits per heavy atom. The summed E-state index contributed by atoms with van der Waals surface area (Å²) >= 11 is 0. The van der Waals surface area contributed by atoms with Gasteiger partial charge in [-0.05, 0) is 31.7 Å². The van der Waals surface area contributed by atoms with Crippen LogP contribution in [0.5, 0.6) is 0 Å². The van der Waals surface area contributed by atoms with Crippen LogP contribution in [0, 0.1) is 5.92 Å². The summed E-state index contributed by atoms with van der Waals surface area (Å²) in [5.74, 6) is 1.29. The minimum absolute atomic E-state index is 0.322. The van der Waals surface area contributed by atoms with Crippen molar-refractivity contribution in [1.82, 2.24) is 9.80 Å². The highest BCUT2D eigenvalue weighted by atomic mass is 16.2. The largest absolute Gasteiger partial charge is 0.341 e. The van der Waals surface area contributed by atoms with E-state index in [1.54, 1.807) is 0 Å². The summed E-state index contributed by atoms with van der Waals surface area (Å²) in [5.41, 5.74) is 0. The van der Waals surface area contributed by atoms with Crippen LogP contribution in [-0.2, 0) is 4.79 Å². The van der Waals surface area contributed by atoms with Crippen molar-refractivity contribution in [2.24, 2.45) is 5.92 Å². The van der Waals surface area contributed by atoms with E-state index in [9.17, 15) is 4.79 Å². The Balaban J connectivity index is 1.77. The number of hydrogen-bond donors (Lipinski definition) is 0. The minimum atomic E-state index is 0.322. The van der Waals surface area contributed by atoms with Crippen molar-refractivity contribution in [3.8, 4) is 0 Å². The zero-order valence-corrected chi connectivity index (χ0v) is 9.74. The second-order valence-electron chi connectivity index (χ2n) is 4.83. The van der Waals surface area contributed by atoms with Crippen LogP contribution in [0.1, 0.15) is 32.6 Å². The van der Waals surface area contributed by atoms with Gasteiger partial charge in [0.15, 0.2) is 0 Å². The molecule has 0 aromatic heterocycles.